The highest BCUT2D eigenvalue weighted by molar-refractivity contribution is 5.20. The summed E-state index contributed by atoms with van der Waals surface area (Å²) in [6.07, 6.45) is 2.43. The number of nitrogens with two attached hydrogens (primary N) is 1. The van der Waals surface area contributed by atoms with Crippen molar-refractivity contribution in [3.05, 3.63) is 33.8 Å². The fourth-order valence-electron chi connectivity index (χ4n) is 0.726. The number of allylic oxidation sites excluding steroid dienone is 1. The Bertz CT molecular complexity index is 280. The first-order chi connectivity index (χ1) is 5.75. The predicted octanol–water partition coefficient (Wildman–Crippen LogP) is 0.345. The Morgan fingerprint density at radius 2 is 2.50 bits per heavy atom. The lowest BCUT2D eigenvalue weighted by molar-refractivity contribution is -0.421. The molecule has 64 valence electrons. The van der Waals surface area contributed by atoms with E-state index in [1.807, 2.05) is 0 Å². The lowest BCUT2D eigenvalue weighted by Gasteiger charge is -2.04. The van der Waals surface area contributed by atoms with Crippen molar-refractivity contribution in [1.29, 1.82) is 0 Å². The summed E-state index contributed by atoms with van der Waals surface area (Å²) in [6, 6.07) is 0. The molecular weight excluding hydrogens is 164 g/mol. The minimum Gasteiger partial charge on any atom is -0.494 e. The van der Waals surface area contributed by atoms with E-state index in [2.05, 4.69) is 10.3 Å². The van der Waals surface area contributed by atoms with E-state index >= 15 is 0 Å². The van der Waals surface area contributed by atoms with Gasteiger partial charge in [-0.15, -0.1) is 5.11 Å². The molecule has 0 saturated heterocycles. The average molecular weight is 170 g/mol. The molecule has 1 aliphatic heterocycles. The predicted molar refractivity (Wildman–Crippen MR) is 38.2 cm³/mol. The molecule has 0 spiro atoms. The molecule has 0 unspecified atom stereocenters. The van der Waals surface area contributed by atoms with Crippen LogP contribution in [0.2, 0.25) is 0 Å². The second kappa shape index (κ2) is 3.46. The zero-order valence-corrected chi connectivity index (χ0v) is 6.01. The van der Waals surface area contributed by atoms with Crippen molar-refractivity contribution in [2.75, 3.05) is 6.61 Å². The lowest BCUT2D eigenvalue weighted by Crippen LogP contribution is -2.07. The molecule has 0 radical (unpaired) electrons. The molecular formula is C5H6N4O3. The monoisotopic (exact) mass is 170 g/mol. The SMILES string of the molecule is NN=NC1=C([N+](=O)[O-])C=COC1. The van der Waals surface area contributed by atoms with Crippen LogP contribution in [-0.4, -0.2) is 11.5 Å². The van der Waals surface area contributed by atoms with Crippen LogP contribution < -0.4 is 5.84 Å². The van der Waals surface area contributed by atoms with E-state index in [1.54, 1.807) is 0 Å². The number of hydrogen-bond donors (Lipinski definition) is 1. The first-order valence-corrected chi connectivity index (χ1v) is 3.02. The fraction of sp³-hybridized carbons (Fsp3) is 0.200. The van der Waals surface area contributed by atoms with Crippen LogP contribution in [0, 0.1) is 10.1 Å². The smallest absolute Gasteiger partial charge is 0.299 e. The standard InChI is InChI=1S/C5H6N4O3/c6-8-7-4-3-12-2-1-5(4)9(10)11/h1-2H,3H2,(H2,6,7). The highest BCUT2D eigenvalue weighted by Crippen LogP contribution is 2.13. The first-order valence-electron chi connectivity index (χ1n) is 3.02. The van der Waals surface area contributed by atoms with Gasteiger partial charge in [-0.05, 0) is 0 Å². The molecule has 1 heterocycles. The van der Waals surface area contributed by atoms with Crippen molar-refractivity contribution in [1.82, 2.24) is 0 Å². The van der Waals surface area contributed by atoms with Crippen molar-refractivity contribution in [2.24, 2.45) is 16.2 Å². The molecule has 7 heteroatoms. The van der Waals surface area contributed by atoms with Crippen molar-refractivity contribution in [3.63, 3.8) is 0 Å². The van der Waals surface area contributed by atoms with E-state index in [4.69, 9.17) is 10.6 Å². The van der Waals surface area contributed by atoms with Crippen LogP contribution >= 0.6 is 0 Å². The fourth-order valence-corrected chi connectivity index (χ4v) is 0.726. The minimum absolute atomic E-state index is 0.0213. The van der Waals surface area contributed by atoms with Crippen LogP contribution in [-0.2, 0) is 4.74 Å². The number of nitro groups is 1. The molecule has 7 nitrogen and oxygen atoms in total. The van der Waals surface area contributed by atoms with Gasteiger partial charge < -0.3 is 10.6 Å². The maximum absolute atomic E-state index is 10.3. The van der Waals surface area contributed by atoms with Gasteiger partial charge in [0, 0.05) is 0 Å². The first kappa shape index (κ1) is 8.18. The highest BCUT2D eigenvalue weighted by atomic mass is 16.6. The molecule has 1 aliphatic rings. The van der Waals surface area contributed by atoms with E-state index in [0.29, 0.717) is 0 Å². The van der Waals surface area contributed by atoms with E-state index in [1.165, 1.54) is 12.3 Å². The highest BCUT2D eigenvalue weighted by Gasteiger charge is 2.18. The van der Waals surface area contributed by atoms with Gasteiger partial charge in [0.25, 0.3) is 5.70 Å². The average Bonchev–Trinajstić information content (AvgIpc) is 2.05. The topological polar surface area (TPSA) is 103 Å². The van der Waals surface area contributed by atoms with Gasteiger partial charge in [-0.1, -0.05) is 5.22 Å². The molecule has 2 N–H and O–H groups in total. The maximum atomic E-state index is 10.3. The Labute approximate surface area is 67.3 Å². The number of hydrogen-bond acceptors (Lipinski definition) is 5. The summed E-state index contributed by atoms with van der Waals surface area (Å²) >= 11 is 0. The zero-order chi connectivity index (χ0) is 8.97. The van der Waals surface area contributed by atoms with Crippen LogP contribution in [0.5, 0.6) is 0 Å². The Balaban J connectivity index is 2.99. The number of nitrogens with zero attached hydrogens (tertiary/aromatic N) is 3. The molecule has 0 aliphatic carbocycles. The Morgan fingerprint density at radius 1 is 1.75 bits per heavy atom. The molecule has 0 fully saturated rings. The summed E-state index contributed by atoms with van der Waals surface area (Å²) in [5.41, 5.74) is -0.0274. The van der Waals surface area contributed by atoms with E-state index in [9.17, 15) is 10.1 Å². The van der Waals surface area contributed by atoms with Gasteiger partial charge in [-0.2, -0.15) is 0 Å². The van der Waals surface area contributed by atoms with E-state index in [0.717, 1.165) is 0 Å². The third-order valence-electron chi connectivity index (χ3n) is 1.21. The Kier molecular flexibility index (Phi) is 2.36. The van der Waals surface area contributed by atoms with Crippen LogP contribution in [0.3, 0.4) is 0 Å². The Morgan fingerprint density at radius 3 is 3.08 bits per heavy atom. The van der Waals surface area contributed by atoms with Crippen molar-refractivity contribution < 1.29 is 9.66 Å². The summed E-state index contributed by atoms with van der Waals surface area (Å²) in [6.45, 7) is 0.0213. The quantitative estimate of drug-likeness (QED) is 0.279. The van der Waals surface area contributed by atoms with Crippen molar-refractivity contribution in [3.8, 4) is 0 Å². The molecule has 0 bridgehead atoms. The zero-order valence-electron chi connectivity index (χ0n) is 6.01. The van der Waals surface area contributed by atoms with E-state index in [-0.39, 0.29) is 18.0 Å². The molecule has 12 heavy (non-hydrogen) atoms. The van der Waals surface area contributed by atoms with Gasteiger partial charge in [0.15, 0.2) is 5.70 Å². The second-order valence-corrected chi connectivity index (χ2v) is 1.92. The van der Waals surface area contributed by atoms with Gasteiger partial charge >= 0.3 is 0 Å². The molecule has 0 atom stereocenters. The van der Waals surface area contributed by atoms with Gasteiger partial charge in [0.05, 0.1) is 17.3 Å². The Hall–Kier alpha value is -1.92. The summed E-state index contributed by atoms with van der Waals surface area (Å²) in [7, 11) is 0. The molecule has 0 aromatic heterocycles. The van der Waals surface area contributed by atoms with Gasteiger partial charge in [-0.25, -0.2) is 0 Å². The van der Waals surface area contributed by atoms with Gasteiger partial charge in [0.2, 0.25) is 0 Å². The molecule has 1 rings (SSSR count). The minimum atomic E-state index is -0.566. The van der Waals surface area contributed by atoms with E-state index < -0.39 is 4.92 Å². The molecule has 0 aromatic rings. The van der Waals surface area contributed by atoms with Gasteiger partial charge in [0.1, 0.15) is 6.61 Å². The van der Waals surface area contributed by atoms with Crippen LogP contribution in [0.15, 0.2) is 34.1 Å². The summed E-state index contributed by atoms with van der Waals surface area (Å²) in [5.74, 6) is 4.74. The number of ether oxygens (including phenoxy) is 1. The normalized spacial score (nSPS) is 16.7. The van der Waals surface area contributed by atoms with Crippen LogP contribution in [0.1, 0.15) is 0 Å². The third kappa shape index (κ3) is 1.57. The van der Waals surface area contributed by atoms with Crippen molar-refractivity contribution >= 4 is 0 Å². The van der Waals surface area contributed by atoms with Crippen LogP contribution in [0.25, 0.3) is 0 Å². The molecule has 0 aromatic carbocycles. The summed E-state index contributed by atoms with van der Waals surface area (Å²) in [5, 5.41) is 16.6. The van der Waals surface area contributed by atoms with Crippen LogP contribution in [0.4, 0.5) is 0 Å². The summed E-state index contributed by atoms with van der Waals surface area (Å²) in [4.78, 5) is 9.77. The summed E-state index contributed by atoms with van der Waals surface area (Å²) < 4.78 is 4.76. The van der Waals surface area contributed by atoms with Gasteiger partial charge in [-0.3, -0.25) is 10.1 Å². The largest absolute Gasteiger partial charge is 0.494 e. The van der Waals surface area contributed by atoms with Crippen molar-refractivity contribution in [2.45, 2.75) is 0 Å². The second-order valence-electron chi connectivity index (χ2n) is 1.92. The lowest BCUT2D eigenvalue weighted by atomic mass is 10.3. The molecule has 0 saturated carbocycles. The third-order valence-corrected chi connectivity index (χ3v) is 1.21. The molecule has 0 amide bonds. The number of rotatable bonds is 2. The maximum Gasteiger partial charge on any atom is 0.299 e.